The van der Waals surface area contributed by atoms with E-state index in [9.17, 15) is 9.59 Å². The number of alkyl carbamates (subject to hydrolysis) is 1. The molecule has 1 N–H and O–H groups in total. The average Bonchev–Trinajstić information content (AvgIpc) is 3.41. The molecule has 1 aliphatic carbocycles. The lowest BCUT2D eigenvalue weighted by atomic mass is 9.98. The molecule has 0 bridgehead atoms. The largest absolute Gasteiger partial charge is 0.449 e. The highest BCUT2D eigenvalue weighted by Gasteiger charge is 2.30. The van der Waals surface area contributed by atoms with Crippen LogP contribution in [0.1, 0.15) is 42.1 Å². The van der Waals surface area contributed by atoms with Gasteiger partial charge in [0.2, 0.25) is 0 Å². The number of hydrogen-bond donors (Lipinski definition) is 1. The van der Waals surface area contributed by atoms with Gasteiger partial charge in [0.1, 0.15) is 18.2 Å². The molecule has 0 fully saturated rings. The minimum absolute atomic E-state index is 0.0448. The molecule has 1 aromatic heterocycles. The molecule has 1 heterocycles. The number of amides is 1. The van der Waals surface area contributed by atoms with Gasteiger partial charge in [-0.3, -0.25) is 4.79 Å². The Morgan fingerprint density at radius 2 is 1.56 bits per heavy atom. The minimum atomic E-state index is -0.777. The number of rotatable bonds is 6. The van der Waals surface area contributed by atoms with Crippen molar-refractivity contribution in [3.05, 3.63) is 83.9 Å². The summed E-state index contributed by atoms with van der Waals surface area (Å²) in [5, 5.41) is 10.8. The molecule has 5 rings (SSSR count). The van der Waals surface area contributed by atoms with E-state index in [1.807, 2.05) is 50.2 Å². The smallest absolute Gasteiger partial charge is 0.407 e. The first-order chi connectivity index (χ1) is 16.5. The molecule has 1 aliphatic rings. The van der Waals surface area contributed by atoms with Crippen LogP contribution in [0.5, 0.6) is 0 Å². The number of carbonyl (C=O) groups excluding carboxylic acids is 2. The van der Waals surface area contributed by atoms with E-state index < -0.39 is 12.1 Å². The van der Waals surface area contributed by atoms with Crippen LogP contribution >= 0.6 is 0 Å². The molecule has 0 radical (unpaired) electrons. The highest BCUT2D eigenvalue weighted by atomic mass is 16.5. The first-order valence-corrected chi connectivity index (χ1v) is 11.5. The summed E-state index contributed by atoms with van der Waals surface area (Å²) in [5.41, 5.74) is 5.84. The predicted molar refractivity (Wildman–Crippen MR) is 130 cm³/mol. The summed E-state index contributed by atoms with van der Waals surface area (Å²) in [7, 11) is 0. The van der Waals surface area contributed by atoms with Gasteiger partial charge >= 0.3 is 6.09 Å². The summed E-state index contributed by atoms with van der Waals surface area (Å²) in [6, 6.07) is 22.8. The number of ether oxygens (including phenoxy) is 1. The quantitative estimate of drug-likeness (QED) is 0.442. The van der Waals surface area contributed by atoms with Crippen molar-refractivity contribution >= 4 is 23.0 Å². The molecule has 34 heavy (non-hydrogen) atoms. The number of fused-ring (bicyclic) bond motifs is 4. The van der Waals surface area contributed by atoms with E-state index in [2.05, 4.69) is 39.9 Å². The summed E-state index contributed by atoms with van der Waals surface area (Å²) >= 11 is 0. The number of aromatic nitrogens is 3. The van der Waals surface area contributed by atoms with Crippen molar-refractivity contribution < 1.29 is 14.3 Å². The zero-order valence-corrected chi connectivity index (χ0v) is 19.1. The summed E-state index contributed by atoms with van der Waals surface area (Å²) in [5.74, 6) is -0.204. The first-order valence-electron chi connectivity index (χ1n) is 11.5. The van der Waals surface area contributed by atoms with Gasteiger partial charge in [0.15, 0.2) is 0 Å². The Hall–Kier alpha value is -4.00. The highest BCUT2D eigenvalue weighted by Crippen LogP contribution is 2.44. The molecule has 0 saturated carbocycles. The highest BCUT2D eigenvalue weighted by molar-refractivity contribution is 5.93. The second-order valence-electron chi connectivity index (χ2n) is 8.98. The predicted octanol–water partition coefficient (Wildman–Crippen LogP) is 5.02. The lowest BCUT2D eigenvalue weighted by Gasteiger charge is -2.20. The van der Waals surface area contributed by atoms with E-state index >= 15 is 0 Å². The Morgan fingerprint density at radius 1 is 0.941 bits per heavy atom. The van der Waals surface area contributed by atoms with E-state index in [4.69, 9.17) is 4.74 Å². The third-order valence-electron chi connectivity index (χ3n) is 6.20. The summed E-state index contributed by atoms with van der Waals surface area (Å²) in [6.07, 6.45) is -0.165. The van der Waals surface area contributed by atoms with Gasteiger partial charge in [0.05, 0.1) is 5.52 Å². The number of nitrogens with zero attached hydrogens (tertiary/aromatic N) is 3. The van der Waals surface area contributed by atoms with Gasteiger partial charge in [-0.2, -0.15) is 4.68 Å². The molecule has 7 nitrogen and oxygen atoms in total. The third kappa shape index (κ3) is 4.05. The summed E-state index contributed by atoms with van der Waals surface area (Å²) in [4.78, 5) is 26.1. The maximum absolute atomic E-state index is 13.3. The monoisotopic (exact) mass is 454 g/mol. The van der Waals surface area contributed by atoms with E-state index in [1.54, 1.807) is 12.1 Å². The normalized spacial score (nSPS) is 13.5. The fourth-order valence-electron chi connectivity index (χ4n) is 4.65. The lowest BCUT2D eigenvalue weighted by Crippen LogP contribution is -2.44. The van der Waals surface area contributed by atoms with Gasteiger partial charge in [-0.1, -0.05) is 79.7 Å². The topological polar surface area (TPSA) is 86.1 Å². The van der Waals surface area contributed by atoms with Crippen molar-refractivity contribution in [3.8, 4) is 11.1 Å². The van der Waals surface area contributed by atoms with Gasteiger partial charge in [0.25, 0.3) is 5.91 Å². The molecule has 1 atom stereocenters. The third-order valence-corrected chi connectivity index (χ3v) is 6.20. The van der Waals surface area contributed by atoms with Crippen molar-refractivity contribution in [1.82, 2.24) is 20.3 Å². The van der Waals surface area contributed by atoms with Crippen LogP contribution in [0.2, 0.25) is 0 Å². The van der Waals surface area contributed by atoms with Crippen LogP contribution in [0.3, 0.4) is 0 Å². The standard InChI is InChI=1S/C27H26N4O3/c1-17(2)15-24(26(32)31-25-14-8-7-13-23(25)29-30-31)28-27(33)34-16-22-20-11-5-3-9-18(20)19-10-4-6-12-21(19)22/h3-14,17,22,24H,15-16H2,1-2H3,(H,28,33). The Morgan fingerprint density at radius 3 is 2.24 bits per heavy atom. The number of benzene rings is 3. The number of nitrogens with one attached hydrogen (secondary N) is 1. The second kappa shape index (κ2) is 9.09. The first kappa shape index (κ1) is 21.8. The van der Waals surface area contributed by atoms with E-state index in [1.165, 1.54) is 4.68 Å². The molecule has 7 heteroatoms. The van der Waals surface area contributed by atoms with E-state index in [0.717, 1.165) is 22.3 Å². The van der Waals surface area contributed by atoms with Gasteiger partial charge in [-0.25, -0.2) is 4.79 Å². The van der Waals surface area contributed by atoms with Crippen LogP contribution in [0.4, 0.5) is 4.79 Å². The van der Waals surface area contributed by atoms with Gasteiger partial charge in [0, 0.05) is 5.92 Å². The zero-order chi connectivity index (χ0) is 23.7. The summed E-state index contributed by atoms with van der Waals surface area (Å²) in [6.45, 7) is 4.19. The van der Waals surface area contributed by atoms with Crippen molar-refractivity contribution in [1.29, 1.82) is 0 Å². The van der Waals surface area contributed by atoms with Crippen LogP contribution in [0.15, 0.2) is 72.8 Å². The van der Waals surface area contributed by atoms with Crippen LogP contribution in [0, 0.1) is 5.92 Å². The van der Waals surface area contributed by atoms with Crippen molar-refractivity contribution in [2.45, 2.75) is 32.2 Å². The maximum atomic E-state index is 13.3. The molecule has 1 amide bonds. The van der Waals surface area contributed by atoms with Gasteiger partial charge in [-0.05, 0) is 46.7 Å². The van der Waals surface area contributed by atoms with Gasteiger partial charge < -0.3 is 10.1 Å². The second-order valence-corrected chi connectivity index (χ2v) is 8.98. The van der Waals surface area contributed by atoms with Crippen LogP contribution < -0.4 is 5.32 Å². The summed E-state index contributed by atoms with van der Waals surface area (Å²) < 4.78 is 6.92. The molecule has 3 aromatic carbocycles. The fraction of sp³-hybridized carbons (Fsp3) is 0.259. The lowest BCUT2D eigenvalue weighted by molar-refractivity contribution is 0.0811. The Kier molecular flexibility index (Phi) is 5.84. The molecule has 0 aliphatic heterocycles. The molecular formula is C27H26N4O3. The average molecular weight is 455 g/mol. The van der Waals surface area contributed by atoms with Gasteiger partial charge in [-0.15, -0.1) is 5.10 Å². The molecule has 172 valence electrons. The maximum Gasteiger partial charge on any atom is 0.407 e. The van der Waals surface area contributed by atoms with E-state index in [-0.39, 0.29) is 24.3 Å². The molecule has 4 aromatic rings. The SMILES string of the molecule is CC(C)CC(NC(=O)OCC1c2ccccc2-c2ccccc21)C(=O)n1nnc2ccccc21. The Balaban J connectivity index is 1.32. The van der Waals surface area contributed by atoms with Crippen LogP contribution in [-0.2, 0) is 4.74 Å². The molecule has 0 spiro atoms. The Bertz CT molecular complexity index is 1320. The van der Waals surface area contributed by atoms with Crippen LogP contribution in [0.25, 0.3) is 22.2 Å². The van der Waals surface area contributed by atoms with Crippen molar-refractivity contribution in [2.75, 3.05) is 6.61 Å². The molecule has 1 unspecified atom stereocenters. The number of para-hydroxylation sites is 1. The van der Waals surface area contributed by atoms with Crippen LogP contribution in [-0.4, -0.2) is 39.6 Å². The van der Waals surface area contributed by atoms with Crippen molar-refractivity contribution in [3.63, 3.8) is 0 Å². The Labute approximate surface area is 197 Å². The zero-order valence-electron chi connectivity index (χ0n) is 19.1. The molecular weight excluding hydrogens is 428 g/mol. The number of hydrogen-bond acceptors (Lipinski definition) is 5. The molecule has 0 saturated heterocycles. The minimum Gasteiger partial charge on any atom is -0.449 e. The van der Waals surface area contributed by atoms with Crippen molar-refractivity contribution in [2.24, 2.45) is 5.92 Å². The van der Waals surface area contributed by atoms with E-state index in [0.29, 0.717) is 17.5 Å². The fourth-order valence-corrected chi connectivity index (χ4v) is 4.65. The number of carbonyl (C=O) groups is 2.